The van der Waals surface area contributed by atoms with Crippen LogP contribution < -0.4 is 5.73 Å². The second kappa shape index (κ2) is 4.99. The van der Waals surface area contributed by atoms with Crippen LogP contribution in [0.15, 0.2) is 59.4 Å². The summed E-state index contributed by atoms with van der Waals surface area (Å²) in [5.41, 5.74) is 7.89. The molecule has 0 aliphatic heterocycles. The number of nitrogens with two attached hydrogens (primary N) is 1. The Kier molecular flexibility index (Phi) is 3.04. The Morgan fingerprint density at radius 1 is 1.00 bits per heavy atom. The summed E-state index contributed by atoms with van der Waals surface area (Å²) in [6.45, 7) is 0. The molecule has 0 saturated carbocycles. The van der Waals surface area contributed by atoms with Crippen molar-refractivity contribution >= 4 is 0 Å². The minimum Gasteiger partial charge on any atom is -0.337 e. The molecule has 5 nitrogen and oxygen atoms in total. The highest BCUT2D eigenvalue weighted by molar-refractivity contribution is 5.52. The third-order valence-electron chi connectivity index (χ3n) is 2.80. The molecule has 0 radical (unpaired) electrons. The van der Waals surface area contributed by atoms with Gasteiger partial charge in [-0.05, 0) is 17.7 Å². The van der Waals surface area contributed by atoms with Crippen molar-refractivity contribution < 1.29 is 4.52 Å². The van der Waals surface area contributed by atoms with Crippen LogP contribution >= 0.6 is 0 Å². The van der Waals surface area contributed by atoms with Gasteiger partial charge in [0.25, 0.3) is 0 Å². The minimum absolute atomic E-state index is 0.401. The van der Waals surface area contributed by atoms with E-state index in [9.17, 15) is 0 Å². The van der Waals surface area contributed by atoms with E-state index >= 15 is 0 Å². The molecule has 1 unspecified atom stereocenters. The maximum atomic E-state index is 6.10. The summed E-state index contributed by atoms with van der Waals surface area (Å²) in [6.07, 6.45) is 3.37. The molecule has 2 N–H and O–H groups in total. The largest absolute Gasteiger partial charge is 0.337 e. The molecule has 0 aliphatic carbocycles. The van der Waals surface area contributed by atoms with Crippen LogP contribution in [0.5, 0.6) is 0 Å². The lowest BCUT2D eigenvalue weighted by molar-refractivity contribution is 0.367. The second-order valence-electron chi connectivity index (χ2n) is 4.08. The van der Waals surface area contributed by atoms with Gasteiger partial charge in [0.2, 0.25) is 11.7 Å². The van der Waals surface area contributed by atoms with Crippen LogP contribution in [-0.4, -0.2) is 15.1 Å². The highest BCUT2D eigenvalue weighted by atomic mass is 16.5. The molecular weight excluding hydrogens is 240 g/mol. The van der Waals surface area contributed by atoms with Crippen molar-refractivity contribution in [3.63, 3.8) is 0 Å². The van der Waals surface area contributed by atoms with Crippen molar-refractivity contribution in [2.75, 3.05) is 0 Å². The Balaban J connectivity index is 1.90. The Hall–Kier alpha value is -2.53. The van der Waals surface area contributed by atoms with Gasteiger partial charge < -0.3 is 10.3 Å². The molecule has 0 bridgehead atoms. The van der Waals surface area contributed by atoms with E-state index in [1.165, 1.54) is 0 Å². The molecular formula is C14H12N4O. The van der Waals surface area contributed by atoms with Crippen molar-refractivity contribution in [2.24, 2.45) is 5.73 Å². The van der Waals surface area contributed by atoms with E-state index in [2.05, 4.69) is 15.1 Å². The van der Waals surface area contributed by atoms with Gasteiger partial charge in [-0.15, -0.1) is 0 Å². The van der Waals surface area contributed by atoms with Crippen molar-refractivity contribution in [3.8, 4) is 11.4 Å². The topological polar surface area (TPSA) is 77.8 Å². The predicted molar refractivity (Wildman–Crippen MR) is 70.0 cm³/mol. The average Bonchev–Trinajstić information content (AvgIpc) is 2.98. The zero-order chi connectivity index (χ0) is 13.1. The number of rotatable bonds is 3. The molecule has 0 amide bonds. The molecule has 1 atom stereocenters. The van der Waals surface area contributed by atoms with Crippen LogP contribution in [0.4, 0.5) is 0 Å². The number of aromatic nitrogens is 3. The SMILES string of the molecule is NC(c1ccccc1)c1nc(-c2ccncc2)no1. The summed E-state index contributed by atoms with van der Waals surface area (Å²) < 4.78 is 5.23. The van der Waals surface area contributed by atoms with E-state index in [-0.39, 0.29) is 0 Å². The van der Waals surface area contributed by atoms with Gasteiger partial charge in [-0.2, -0.15) is 4.98 Å². The first-order valence-electron chi connectivity index (χ1n) is 5.89. The third kappa shape index (κ3) is 2.36. The summed E-state index contributed by atoms with van der Waals surface area (Å²) in [7, 11) is 0. The fraction of sp³-hybridized carbons (Fsp3) is 0.0714. The fourth-order valence-electron chi connectivity index (χ4n) is 1.78. The fourth-order valence-corrected chi connectivity index (χ4v) is 1.78. The molecule has 0 aliphatic rings. The number of hydrogen-bond acceptors (Lipinski definition) is 5. The standard InChI is InChI=1S/C14H12N4O/c15-12(10-4-2-1-3-5-10)14-17-13(18-19-14)11-6-8-16-9-7-11/h1-9,12H,15H2. The van der Waals surface area contributed by atoms with Gasteiger partial charge in [0.05, 0.1) is 0 Å². The van der Waals surface area contributed by atoms with Gasteiger partial charge in [0, 0.05) is 18.0 Å². The van der Waals surface area contributed by atoms with Crippen molar-refractivity contribution in [1.82, 2.24) is 15.1 Å². The quantitative estimate of drug-likeness (QED) is 0.773. The molecule has 0 spiro atoms. The minimum atomic E-state index is -0.413. The smallest absolute Gasteiger partial charge is 0.248 e. The molecule has 3 rings (SSSR count). The van der Waals surface area contributed by atoms with E-state index in [1.54, 1.807) is 12.4 Å². The van der Waals surface area contributed by atoms with Crippen molar-refractivity contribution in [2.45, 2.75) is 6.04 Å². The van der Waals surface area contributed by atoms with Gasteiger partial charge in [0.15, 0.2) is 0 Å². The van der Waals surface area contributed by atoms with Gasteiger partial charge in [-0.25, -0.2) is 0 Å². The molecule has 94 valence electrons. The van der Waals surface area contributed by atoms with Crippen LogP contribution in [0.25, 0.3) is 11.4 Å². The van der Waals surface area contributed by atoms with Crippen LogP contribution in [-0.2, 0) is 0 Å². The van der Waals surface area contributed by atoms with Crippen LogP contribution in [0, 0.1) is 0 Å². The molecule has 3 aromatic rings. The van der Waals surface area contributed by atoms with Crippen LogP contribution in [0.2, 0.25) is 0 Å². The first-order valence-corrected chi connectivity index (χ1v) is 5.89. The Morgan fingerprint density at radius 2 is 1.74 bits per heavy atom. The highest BCUT2D eigenvalue weighted by Gasteiger charge is 2.17. The van der Waals surface area contributed by atoms with E-state index in [0.717, 1.165) is 11.1 Å². The number of hydrogen-bond donors (Lipinski definition) is 1. The average molecular weight is 252 g/mol. The predicted octanol–water partition coefficient (Wildman–Crippen LogP) is 2.18. The highest BCUT2D eigenvalue weighted by Crippen LogP contribution is 2.21. The normalized spacial score (nSPS) is 12.3. The summed E-state index contributed by atoms with van der Waals surface area (Å²) in [5.74, 6) is 0.918. The van der Waals surface area contributed by atoms with E-state index < -0.39 is 6.04 Å². The Labute approximate surface area is 110 Å². The van der Waals surface area contributed by atoms with E-state index in [1.807, 2.05) is 42.5 Å². The molecule has 2 aromatic heterocycles. The summed E-state index contributed by atoms with van der Waals surface area (Å²) in [4.78, 5) is 8.28. The monoisotopic (exact) mass is 252 g/mol. The molecule has 2 heterocycles. The number of pyridine rings is 1. The first kappa shape index (κ1) is 11.6. The lowest BCUT2D eigenvalue weighted by Crippen LogP contribution is -2.11. The van der Waals surface area contributed by atoms with E-state index in [0.29, 0.717) is 11.7 Å². The summed E-state index contributed by atoms with van der Waals surface area (Å²) in [5, 5.41) is 3.94. The second-order valence-corrected chi connectivity index (χ2v) is 4.08. The summed E-state index contributed by atoms with van der Waals surface area (Å²) >= 11 is 0. The lowest BCUT2D eigenvalue weighted by atomic mass is 10.1. The lowest BCUT2D eigenvalue weighted by Gasteiger charge is -2.05. The zero-order valence-electron chi connectivity index (χ0n) is 10.1. The Bertz CT molecular complexity index is 651. The van der Waals surface area contributed by atoms with E-state index in [4.69, 9.17) is 10.3 Å². The third-order valence-corrected chi connectivity index (χ3v) is 2.80. The zero-order valence-corrected chi connectivity index (χ0v) is 10.1. The molecule has 1 aromatic carbocycles. The molecule has 19 heavy (non-hydrogen) atoms. The number of nitrogens with zero attached hydrogens (tertiary/aromatic N) is 3. The van der Waals surface area contributed by atoms with Gasteiger partial charge in [-0.3, -0.25) is 4.98 Å². The number of benzene rings is 1. The van der Waals surface area contributed by atoms with Gasteiger partial charge in [-0.1, -0.05) is 35.5 Å². The van der Waals surface area contributed by atoms with Crippen molar-refractivity contribution in [3.05, 3.63) is 66.3 Å². The van der Waals surface area contributed by atoms with Crippen molar-refractivity contribution in [1.29, 1.82) is 0 Å². The maximum Gasteiger partial charge on any atom is 0.248 e. The summed E-state index contributed by atoms with van der Waals surface area (Å²) in [6, 6.07) is 12.9. The van der Waals surface area contributed by atoms with Gasteiger partial charge in [0.1, 0.15) is 6.04 Å². The van der Waals surface area contributed by atoms with Crippen LogP contribution in [0.3, 0.4) is 0 Å². The molecule has 5 heteroatoms. The van der Waals surface area contributed by atoms with Crippen LogP contribution in [0.1, 0.15) is 17.5 Å². The first-order chi connectivity index (χ1) is 9.34. The molecule has 0 saturated heterocycles. The Morgan fingerprint density at radius 3 is 2.47 bits per heavy atom. The molecule has 0 fully saturated rings. The maximum absolute atomic E-state index is 6.10. The van der Waals surface area contributed by atoms with Gasteiger partial charge >= 0.3 is 0 Å².